The summed E-state index contributed by atoms with van der Waals surface area (Å²) in [6, 6.07) is 0. The summed E-state index contributed by atoms with van der Waals surface area (Å²) in [5.41, 5.74) is 0. The summed E-state index contributed by atoms with van der Waals surface area (Å²) in [5, 5.41) is 0. The Morgan fingerprint density at radius 1 is 1.10 bits per heavy atom. The van der Waals surface area contributed by atoms with Gasteiger partial charge in [-0.1, -0.05) is 0 Å². The first-order valence-corrected chi connectivity index (χ1v) is 10.8. The van der Waals surface area contributed by atoms with Gasteiger partial charge in [-0.25, -0.2) is 0 Å². The van der Waals surface area contributed by atoms with Crippen LogP contribution in [0.25, 0.3) is 0 Å². The average Bonchev–Trinajstić information content (AvgIpc) is 1.88. The molecule has 0 unspecified atom stereocenters. The molecule has 0 radical (unpaired) electrons. The fourth-order valence-electron chi connectivity index (χ4n) is 0.526. The second kappa shape index (κ2) is 4.74. The molecule has 1 aliphatic rings. The van der Waals surface area contributed by atoms with Crippen LogP contribution < -0.4 is 0 Å². The van der Waals surface area contributed by atoms with Gasteiger partial charge in [0.05, 0.1) is 0 Å². The van der Waals surface area contributed by atoms with Crippen LogP contribution in [0.3, 0.4) is 0 Å². The quantitative estimate of drug-likeness (QED) is 0.334. The van der Waals surface area contributed by atoms with Gasteiger partial charge in [0.15, 0.2) is 0 Å². The predicted octanol–water partition coefficient (Wildman–Crippen LogP) is 1.05. The van der Waals surface area contributed by atoms with Crippen molar-refractivity contribution in [3.63, 3.8) is 0 Å². The van der Waals surface area contributed by atoms with Crippen molar-refractivity contribution in [1.82, 2.24) is 0 Å². The van der Waals surface area contributed by atoms with Crippen LogP contribution in [0.15, 0.2) is 0 Å². The standard InChI is InChI=1S/C4H8S3Se3/c5-4(6,7)3-9-1-8-2-10-3/h3,5-7H,1-2H2. The third kappa shape index (κ3) is 3.55. The average molecular weight is 389 g/mol. The normalized spacial score (nSPS) is 23.1. The Morgan fingerprint density at radius 2 is 1.60 bits per heavy atom. The molecule has 1 aliphatic heterocycles. The topological polar surface area (TPSA) is 0 Å². The molecule has 0 aliphatic carbocycles. The predicted molar refractivity (Wildman–Crippen MR) is 60.3 cm³/mol. The van der Waals surface area contributed by atoms with E-state index in [9.17, 15) is 0 Å². The number of hydrogen-bond acceptors (Lipinski definition) is 3. The minimum absolute atomic E-state index is 0.281. The van der Waals surface area contributed by atoms with Crippen molar-refractivity contribution in [3.05, 3.63) is 0 Å². The molecule has 1 saturated heterocycles. The van der Waals surface area contributed by atoms with Gasteiger partial charge in [-0.3, -0.25) is 0 Å². The number of rotatable bonds is 1. The van der Waals surface area contributed by atoms with E-state index in [4.69, 9.17) is 0 Å². The molecule has 10 heavy (non-hydrogen) atoms. The molecule has 0 N–H and O–H groups in total. The van der Waals surface area contributed by atoms with Gasteiger partial charge in [-0.2, -0.15) is 0 Å². The third-order valence-electron chi connectivity index (χ3n) is 0.922. The van der Waals surface area contributed by atoms with Gasteiger partial charge in [0.1, 0.15) is 0 Å². The molecule has 0 aromatic heterocycles. The van der Waals surface area contributed by atoms with Gasteiger partial charge in [0, 0.05) is 0 Å². The van der Waals surface area contributed by atoms with Crippen molar-refractivity contribution < 1.29 is 0 Å². The molecule has 0 bridgehead atoms. The number of thiol groups is 3. The molecule has 0 atom stereocenters. The van der Waals surface area contributed by atoms with E-state index in [0.717, 1.165) is 48.6 Å². The zero-order valence-electron chi connectivity index (χ0n) is 5.06. The van der Waals surface area contributed by atoms with E-state index in [2.05, 4.69) is 37.9 Å². The molecule has 0 amide bonds. The molecule has 0 saturated carbocycles. The molecule has 1 heterocycles. The van der Waals surface area contributed by atoms with E-state index in [-0.39, 0.29) is 3.41 Å². The van der Waals surface area contributed by atoms with Crippen molar-refractivity contribution in [1.29, 1.82) is 0 Å². The summed E-state index contributed by atoms with van der Waals surface area (Å²) < 4.78 is 3.39. The maximum atomic E-state index is 4.36. The summed E-state index contributed by atoms with van der Waals surface area (Å²) >= 11 is 15.6. The van der Waals surface area contributed by atoms with Crippen LogP contribution >= 0.6 is 37.9 Å². The van der Waals surface area contributed by atoms with Crippen molar-refractivity contribution >= 4 is 82.8 Å². The molecule has 0 nitrogen and oxygen atoms in total. The summed E-state index contributed by atoms with van der Waals surface area (Å²) in [5.74, 6) is 0. The third-order valence-corrected chi connectivity index (χ3v) is 17.6. The van der Waals surface area contributed by atoms with Gasteiger partial charge >= 0.3 is 98.3 Å². The van der Waals surface area contributed by atoms with Crippen LogP contribution in [0.2, 0.25) is 12.2 Å². The molecule has 1 rings (SSSR count). The molecule has 1 fully saturated rings. The SMILES string of the molecule is SC(S)(S)C1[Se]C[Se]C[Se]1. The van der Waals surface area contributed by atoms with Crippen LogP contribution in [-0.2, 0) is 0 Å². The Balaban J connectivity index is 2.39. The van der Waals surface area contributed by atoms with Crippen molar-refractivity contribution in [2.75, 3.05) is 0 Å². The van der Waals surface area contributed by atoms with Crippen LogP contribution in [0.5, 0.6) is 0 Å². The molecule has 6 heteroatoms. The Labute approximate surface area is 97.1 Å². The number of hydrogen-bond donors (Lipinski definition) is 3. The zero-order chi connectivity index (χ0) is 7.61. The summed E-state index contributed by atoms with van der Waals surface area (Å²) in [7, 11) is 0. The van der Waals surface area contributed by atoms with Crippen molar-refractivity contribution in [2.45, 2.75) is 15.6 Å². The minimum atomic E-state index is -0.281. The first-order valence-electron chi connectivity index (χ1n) is 2.59. The zero-order valence-corrected chi connectivity index (χ0v) is 12.9. The summed E-state index contributed by atoms with van der Waals surface area (Å²) in [4.78, 5) is 0. The molecule has 60 valence electrons. The van der Waals surface area contributed by atoms with Crippen molar-refractivity contribution in [3.8, 4) is 0 Å². The molecule has 0 aromatic carbocycles. The van der Waals surface area contributed by atoms with Gasteiger partial charge in [0.25, 0.3) is 0 Å². The fourth-order valence-corrected chi connectivity index (χ4v) is 21.8. The van der Waals surface area contributed by atoms with E-state index < -0.39 is 0 Å². The van der Waals surface area contributed by atoms with Crippen LogP contribution in [-0.4, -0.2) is 48.3 Å². The van der Waals surface area contributed by atoms with Gasteiger partial charge in [-0.15, -0.1) is 0 Å². The Kier molecular flexibility index (Phi) is 5.06. The molecule has 0 spiro atoms. The van der Waals surface area contributed by atoms with Gasteiger partial charge < -0.3 is 0 Å². The van der Waals surface area contributed by atoms with Gasteiger partial charge in [0.2, 0.25) is 0 Å². The second-order valence-corrected chi connectivity index (χ2v) is 16.8. The van der Waals surface area contributed by atoms with Crippen LogP contribution in [0, 0.1) is 0 Å². The van der Waals surface area contributed by atoms with E-state index in [0.29, 0.717) is 0 Å². The fraction of sp³-hybridized carbons (Fsp3) is 1.00. The first-order chi connectivity index (χ1) is 4.61. The molecule has 0 aromatic rings. The van der Waals surface area contributed by atoms with Crippen LogP contribution in [0.4, 0.5) is 0 Å². The maximum absolute atomic E-state index is 4.36. The molecular formula is C4H8S3Se3. The first kappa shape index (κ1) is 10.7. The second-order valence-electron chi connectivity index (χ2n) is 1.79. The summed E-state index contributed by atoms with van der Waals surface area (Å²) in [6.07, 6.45) is 0. The summed E-state index contributed by atoms with van der Waals surface area (Å²) in [6.45, 7) is 0. The van der Waals surface area contributed by atoms with E-state index >= 15 is 0 Å². The van der Waals surface area contributed by atoms with E-state index in [1.807, 2.05) is 0 Å². The van der Waals surface area contributed by atoms with Crippen LogP contribution in [0.1, 0.15) is 0 Å². The molecular weight excluding hydrogens is 381 g/mol. The van der Waals surface area contributed by atoms with Gasteiger partial charge in [-0.05, 0) is 0 Å². The Morgan fingerprint density at radius 3 is 1.90 bits per heavy atom. The van der Waals surface area contributed by atoms with E-state index in [1.165, 1.54) is 8.44 Å². The van der Waals surface area contributed by atoms with Crippen molar-refractivity contribution in [2.24, 2.45) is 0 Å². The van der Waals surface area contributed by atoms with E-state index in [1.54, 1.807) is 0 Å². The Hall–Kier alpha value is 2.61. The Bertz CT molecular complexity index is 107. The monoisotopic (exact) mass is 392 g/mol.